The van der Waals surface area contributed by atoms with Crippen molar-refractivity contribution in [3.8, 4) is 0 Å². The average Bonchev–Trinajstić information content (AvgIpc) is 2.09. The monoisotopic (exact) mass is 222 g/mol. The summed E-state index contributed by atoms with van der Waals surface area (Å²) in [6, 6.07) is 0. The van der Waals surface area contributed by atoms with Crippen molar-refractivity contribution in [3.05, 3.63) is 11.3 Å². The van der Waals surface area contributed by atoms with E-state index in [4.69, 9.17) is 23.2 Å². The first-order valence-electron chi connectivity index (χ1n) is 4.27. The van der Waals surface area contributed by atoms with Crippen molar-refractivity contribution < 1.29 is 0 Å². The van der Waals surface area contributed by atoms with E-state index >= 15 is 0 Å². The maximum atomic E-state index is 6.36. The summed E-state index contributed by atoms with van der Waals surface area (Å²) in [6.07, 6.45) is 0. The van der Waals surface area contributed by atoms with E-state index in [9.17, 15) is 0 Å². The van der Waals surface area contributed by atoms with E-state index in [0.29, 0.717) is 0 Å². The molecule has 0 saturated heterocycles. The molecule has 0 aromatic carbocycles. The van der Waals surface area contributed by atoms with E-state index in [1.165, 1.54) is 0 Å². The molecule has 2 unspecified atom stereocenters. The zero-order chi connectivity index (χ0) is 10.4. The summed E-state index contributed by atoms with van der Waals surface area (Å²) in [5, 5.41) is -0.532. The molecule has 1 rings (SSSR count). The van der Waals surface area contributed by atoms with Crippen molar-refractivity contribution in [2.24, 2.45) is 0 Å². The number of rotatable bonds is 0. The van der Waals surface area contributed by atoms with Gasteiger partial charge in [0.15, 0.2) is 5.12 Å². The molecule has 0 amide bonds. The second-order valence-corrected chi connectivity index (χ2v) is 4.81. The normalized spacial score (nSPS) is 37.2. The standard InChI is InChI=1S/C9H16Cl2N2/c1-6-7(2)12(4)9(3,11)13(5)8(6)10/h8H,1-5H3. The van der Waals surface area contributed by atoms with Crippen LogP contribution in [0.5, 0.6) is 0 Å². The van der Waals surface area contributed by atoms with Gasteiger partial charge >= 0.3 is 0 Å². The van der Waals surface area contributed by atoms with Crippen LogP contribution in [-0.4, -0.2) is 34.5 Å². The number of alkyl halides is 2. The minimum absolute atomic E-state index is 0.112. The van der Waals surface area contributed by atoms with Gasteiger partial charge in [-0.25, -0.2) is 0 Å². The van der Waals surface area contributed by atoms with E-state index in [0.717, 1.165) is 11.3 Å². The lowest BCUT2D eigenvalue weighted by atomic mass is 10.1. The lowest BCUT2D eigenvalue weighted by Crippen LogP contribution is -2.57. The lowest BCUT2D eigenvalue weighted by Gasteiger charge is -2.49. The zero-order valence-corrected chi connectivity index (χ0v) is 10.2. The summed E-state index contributed by atoms with van der Waals surface area (Å²) in [5.74, 6) is 0. The van der Waals surface area contributed by atoms with Crippen molar-refractivity contribution in [1.82, 2.24) is 9.80 Å². The van der Waals surface area contributed by atoms with E-state index in [1.807, 2.05) is 44.7 Å². The molecule has 0 bridgehead atoms. The maximum absolute atomic E-state index is 6.36. The second-order valence-electron chi connectivity index (χ2n) is 3.68. The highest BCUT2D eigenvalue weighted by molar-refractivity contribution is 6.26. The lowest BCUT2D eigenvalue weighted by molar-refractivity contribution is 0.0624. The first kappa shape index (κ1) is 11.2. The molecule has 0 aliphatic carbocycles. The van der Waals surface area contributed by atoms with Crippen molar-refractivity contribution in [2.75, 3.05) is 14.1 Å². The minimum Gasteiger partial charge on any atom is -0.348 e. The van der Waals surface area contributed by atoms with E-state index in [2.05, 4.69) is 0 Å². The molecule has 2 nitrogen and oxygen atoms in total. The van der Waals surface area contributed by atoms with Gasteiger partial charge in [0.05, 0.1) is 0 Å². The highest BCUT2D eigenvalue weighted by Crippen LogP contribution is 2.37. The molecule has 0 radical (unpaired) electrons. The Labute approximate surface area is 90.1 Å². The fourth-order valence-corrected chi connectivity index (χ4v) is 2.10. The van der Waals surface area contributed by atoms with Crippen LogP contribution in [0.3, 0.4) is 0 Å². The fourth-order valence-electron chi connectivity index (χ4n) is 1.48. The first-order chi connectivity index (χ1) is 5.80. The third-order valence-electron chi connectivity index (χ3n) is 3.03. The summed E-state index contributed by atoms with van der Waals surface area (Å²) in [7, 11) is 3.90. The number of halogens is 2. The highest BCUT2D eigenvalue weighted by atomic mass is 35.5. The highest BCUT2D eigenvalue weighted by Gasteiger charge is 2.40. The van der Waals surface area contributed by atoms with Crippen LogP contribution in [0.2, 0.25) is 0 Å². The van der Waals surface area contributed by atoms with Crippen LogP contribution < -0.4 is 0 Å². The van der Waals surface area contributed by atoms with Crippen LogP contribution in [0.25, 0.3) is 0 Å². The molecular formula is C9H16Cl2N2. The number of likely N-dealkylation sites (N-methyl/N-ethyl adjacent to an activating group) is 1. The quantitative estimate of drug-likeness (QED) is 0.460. The van der Waals surface area contributed by atoms with Crippen molar-refractivity contribution in [2.45, 2.75) is 31.4 Å². The second kappa shape index (κ2) is 3.34. The van der Waals surface area contributed by atoms with Gasteiger partial charge in [-0.2, -0.15) is 0 Å². The van der Waals surface area contributed by atoms with Gasteiger partial charge in [-0.15, -0.1) is 11.6 Å². The van der Waals surface area contributed by atoms with Crippen molar-refractivity contribution in [3.63, 3.8) is 0 Å². The molecule has 0 fully saturated rings. The SMILES string of the molecule is CC1=C(C)N(C)C(C)(Cl)N(C)C1Cl. The Bertz CT molecular complexity index is 248. The topological polar surface area (TPSA) is 6.48 Å². The molecule has 4 heteroatoms. The largest absolute Gasteiger partial charge is 0.348 e. The molecule has 0 spiro atoms. The minimum atomic E-state index is -0.532. The van der Waals surface area contributed by atoms with Gasteiger partial charge in [-0.05, 0) is 33.4 Å². The number of hydrogen-bond donors (Lipinski definition) is 0. The summed E-state index contributed by atoms with van der Waals surface area (Å²) >= 11 is 12.6. The van der Waals surface area contributed by atoms with E-state index in [-0.39, 0.29) is 5.50 Å². The molecule has 0 saturated carbocycles. The summed E-state index contributed by atoms with van der Waals surface area (Å²) < 4.78 is 0. The van der Waals surface area contributed by atoms with Crippen LogP contribution >= 0.6 is 23.2 Å². The van der Waals surface area contributed by atoms with Gasteiger partial charge in [0, 0.05) is 12.7 Å². The Morgan fingerprint density at radius 3 is 2.23 bits per heavy atom. The van der Waals surface area contributed by atoms with Gasteiger partial charge in [0.1, 0.15) is 5.50 Å². The molecule has 76 valence electrons. The molecule has 0 N–H and O–H groups in total. The van der Waals surface area contributed by atoms with E-state index < -0.39 is 5.12 Å². The Kier molecular flexibility index (Phi) is 2.86. The predicted octanol–water partition coefficient (Wildman–Crippen LogP) is 2.63. The first-order valence-corrected chi connectivity index (χ1v) is 5.08. The van der Waals surface area contributed by atoms with Crippen LogP contribution in [0.1, 0.15) is 20.8 Å². The summed E-state index contributed by atoms with van der Waals surface area (Å²) in [5.41, 5.74) is 2.19. The maximum Gasteiger partial charge on any atom is 0.169 e. The van der Waals surface area contributed by atoms with Crippen molar-refractivity contribution in [1.29, 1.82) is 0 Å². The van der Waals surface area contributed by atoms with E-state index in [1.54, 1.807) is 0 Å². The number of allylic oxidation sites excluding steroid dienone is 1. The van der Waals surface area contributed by atoms with Gasteiger partial charge in [0.2, 0.25) is 0 Å². The number of nitrogens with zero attached hydrogens (tertiary/aromatic N) is 2. The number of hydrogen-bond acceptors (Lipinski definition) is 2. The Balaban J connectivity index is 3.15. The van der Waals surface area contributed by atoms with Crippen LogP contribution in [0, 0.1) is 0 Å². The average molecular weight is 223 g/mol. The van der Waals surface area contributed by atoms with Gasteiger partial charge in [0.25, 0.3) is 0 Å². The Morgan fingerprint density at radius 2 is 1.77 bits per heavy atom. The molecule has 0 aromatic rings. The van der Waals surface area contributed by atoms with Crippen LogP contribution in [0.4, 0.5) is 0 Å². The molecule has 13 heavy (non-hydrogen) atoms. The summed E-state index contributed by atoms with van der Waals surface area (Å²) in [6.45, 7) is 6.02. The van der Waals surface area contributed by atoms with Gasteiger partial charge in [-0.1, -0.05) is 11.6 Å². The molecule has 1 aliphatic heterocycles. The fraction of sp³-hybridized carbons (Fsp3) is 0.778. The smallest absolute Gasteiger partial charge is 0.169 e. The van der Waals surface area contributed by atoms with Gasteiger partial charge in [-0.3, -0.25) is 4.90 Å². The Hall–Kier alpha value is 0.0800. The molecule has 1 heterocycles. The van der Waals surface area contributed by atoms with Crippen LogP contribution in [0.15, 0.2) is 11.3 Å². The van der Waals surface area contributed by atoms with Gasteiger partial charge < -0.3 is 4.90 Å². The molecular weight excluding hydrogens is 207 g/mol. The molecule has 1 aliphatic rings. The molecule has 0 aromatic heterocycles. The Morgan fingerprint density at radius 1 is 1.31 bits per heavy atom. The third kappa shape index (κ3) is 1.56. The zero-order valence-electron chi connectivity index (χ0n) is 8.73. The van der Waals surface area contributed by atoms with Crippen LogP contribution in [-0.2, 0) is 0 Å². The third-order valence-corrected chi connectivity index (χ3v) is 4.17. The van der Waals surface area contributed by atoms with Crippen molar-refractivity contribution >= 4 is 23.2 Å². The predicted molar refractivity (Wildman–Crippen MR) is 57.8 cm³/mol. The summed E-state index contributed by atoms with van der Waals surface area (Å²) in [4.78, 5) is 3.97. The molecule has 2 atom stereocenters.